The van der Waals surface area contributed by atoms with Crippen molar-refractivity contribution in [2.24, 2.45) is 5.92 Å². The van der Waals surface area contributed by atoms with Crippen LogP contribution in [0.5, 0.6) is 0 Å². The van der Waals surface area contributed by atoms with Crippen LogP contribution in [-0.2, 0) is 26.0 Å². The molecule has 36 heavy (non-hydrogen) atoms. The zero-order valence-electron chi connectivity index (χ0n) is 20.1. The second-order valence-electron chi connectivity index (χ2n) is 8.89. The maximum Gasteiger partial charge on any atom is 0.242 e. The summed E-state index contributed by atoms with van der Waals surface area (Å²) in [6.07, 6.45) is 1.63. The van der Waals surface area contributed by atoms with Gasteiger partial charge in [0.05, 0.1) is 21.7 Å². The molecule has 8 nitrogen and oxygen atoms in total. The molecule has 3 aromatic rings. The number of amides is 2. The van der Waals surface area contributed by atoms with Crippen molar-refractivity contribution in [1.82, 2.24) is 20.3 Å². The Morgan fingerprint density at radius 1 is 1.14 bits per heavy atom. The number of carbonyl (C=O) groups is 2. The molecule has 1 aromatic carbocycles. The predicted octanol–water partition coefficient (Wildman–Crippen LogP) is 3.97. The van der Waals surface area contributed by atoms with Crippen molar-refractivity contribution in [1.29, 1.82) is 0 Å². The van der Waals surface area contributed by atoms with Gasteiger partial charge in [0, 0.05) is 18.8 Å². The highest BCUT2D eigenvalue weighted by Crippen LogP contribution is 2.22. The van der Waals surface area contributed by atoms with Crippen LogP contribution in [0.1, 0.15) is 38.8 Å². The lowest BCUT2D eigenvalue weighted by atomic mass is 10.0. The summed E-state index contributed by atoms with van der Waals surface area (Å²) in [5.74, 6) is -0.933. The number of unbranched alkanes of at least 4 members (excludes halogenated alkanes) is 1. The largest absolute Gasteiger partial charge is 0.357 e. The molecule has 4 N–H and O–H groups in total. The second kappa shape index (κ2) is 12.7. The van der Waals surface area contributed by atoms with E-state index in [0.717, 1.165) is 34.1 Å². The summed E-state index contributed by atoms with van der Waals surface area (Å²) in [6, 6.07) is 6.32. The summed E-state index contributed by atoms with van der Waals surface area (Å²) in [7, 11) is -3.87. The Kier molecular flexibility index (Phi) is 9.89. The number of hydrogen-bond acceptors (Lipinski definition) is 5. The first-order chi connectivity index (χ1) is 17.0. The Hall–Kier alpha value is -2.47. The van der Waals surface area contributed by atoms with Crippen LogP contribution in [0.15, 0.2) is 40.6 Å². The fraction of sp³-hybridized carbons (Fsp3) is 0.417. The number of hydrogen-bond donors (Lipinski definition) is 4. The lowest BCUT2D eigenvalue weighted by Gasteiger charge is -2.20. The Balaban J connectivity index is 1.42. The smallest absolute Gasteiger partial charge is 0.242 e. The normalized spacial score (nSPS) is 12.7. The number of H-pyrrole nitrogens is 1. The standard InChI is InChI=1S/C24H30ClFN4O4S2/c1-15(2)11-20(30-23(31)14-17-13-21-19(29-17)7-10-35-21)24(32)27-8-3-4-9-28-36(33,34)22-6-5-16(26)12-18(22)25/h5-7,10,12-13,15,20,28-29H,3-4,8-9,11,14H2,1-2H3,(H,27,32)(H,30,31)/t20-/m0/s1. The highest BCUT2D eigenvalue weighted by atomic mass is 35.5. The minimum Gasteiger partial charge on any atom is -0.357 e. The summed E-state index contributed by atoms with van der Waals surface area (Å²) in [6.45, 7) is 4.41. The molecular formula is C24H30ClFN4O4S2. The zero-order valence-corrected chi connectivity index (χ0v) is 22.5. The van der Waals surface area contributed by atoms with Crippen molar-refractivity contribution < 1.29 is 22.4 Å². The fourth-order valence-corrected chi connectivity index (χ4v) is 6.09. The Morgan fingerprint density at radius 3 is 2.58 bits per heavy atom. The van der Waals surface area contributed by atoms with Crippen LogP contribution < -0.4 is 15.4 Å². The third kappa shape index (κ3) is 8.02. The summed E-state index contributed by atoms with van der Waals surface area (Å²) in [4.78, 5) is 28.3. The molecule has 12 heteroatoms. The molecule has 0 saturated heterocycles. The Labute approximate surface area is 219 Å². The monoisotopic (exact) mass is 556 g/mol. The van der Waals surface area contributed by atoms with Crippen molar-refractivity contribution >= 4 is 55.0 Å². The molecule has 2 amide bonds. The minimum atomic E-state index is -3.87. The summed E-state index contributed by atoms with van der Waals surface area (Å²) >= 11 is 7.43. The number of benzene rings is 1. The molecule has 0 bridgehead atoms. The van der Waals surface area contributed by atoms with Crippen LogP contribution in [0.25, 0.3) is 10.2 Å². The maximum absolute atomic E-state index is 13.2. The quantitative estimate of drug-likeness (QED) is 0.238. The van der Waals surface area contributed by atoms with Gasteiger partial charge >= 0.3 is 0 Å². The number of fused-ring (bicyclic) bond motifs is 1. The summed E-state index contributed by atoms with van der Waals surface area (Å²) in [5, 5.41) is 7.44. The van der Waals surface area contributed by atoms with E-state index in [0.29, 0.717) is 25.8 Å². The maximum atomic E-state index is 13.2. The van der Waals surface area contributed by atoms with Gasteiger partial charge in [0.1, 0.15) is 16.8 Å². The van der Waals surface area contributed by atoms with Gasteiger partial charge in [-0.15, -0.1) is 11.3 Å². The topological polar surface area (TPSA) is 120 Å². The highest BCUT2D eigenvalue weighted by molar-refractivity contribution is 7.89. The van der Waals surface area contributed by atoms with Gasteiger partial charge < -0.3 is 15.6 Å². The second-order valence-corrected chi connectivity index (χ2v) is 12.0. The fourth-order valence-electron chi connectivity index (χ4n) is 3.68. The van der Waals surface area contributed by atoms with Crippen LogP contribution in [0.2, 0.25) is 5.02 Å². The SMILES string of the molecule is CC(C)C[C@H](NC(=O)Cc1cc2sccc2[nH]1)C(=O)NCCCCNS(=O)(=O)c1ccc(F)cc1Cl. The number of nitrogens with one attached hydrogen (secondary N) is 4. The van der Waals surface area contributed by atoms with Crippen molar-refractivity contribution in [3.05, 3.63) is 52.2 Å². The molecule has 0 spiro atoms. The average molecular weight is 557 g/mol. The van der Waals surface area contributed by atoms with Crippen LogP contribution in [0, 0.1) is 11.7 Å². The molecule has 1 atom stereocenters. The first-order valence-electron chi connectivity index (χ1n) is 11.6. The van der Waals surface area contributed by atoms with E-state index in [4.69, 9.17) is 11.6 Å². The zero-order chi connectivity index (χ0) is 26.3. The molecule has 0 saturated carbocycles. The summed E-state index contributed by atoms with van der Waals surface area (Å²) in [5.41, 5.74) is 1.78. The highest BCUT2D eigenvalue weighted by Gasteiger charge is 2.22. The van der Waals surface area contributed by atoms with Gasteiger partial charge in [0.2, 0.25) is 21.8 Å². The van der Waals surface area contributed by atoms with Crippen molar-refractivity contribution in [2.45, 2.75) is 50.5 Å². The Morgan fingerprint density at radius 2 is 1.89 bits per heavy atom. The number of aromatic amines is 1. The lowest BCUT2D eigenvalue weighted by Crippen LogP contribution is -2.48. The van der Waals surface area contributed by atoms with Crippen molar-refractivity contribution in [2.75, 3.05) is 13.1 Å². The van der Waals surface area contributed by atoms with E-state index in [1.807, 2.05) is 31.4 Å². The summed E-state index contributed by atoms with van der Waals surface area (Å²) < 4.78 is 41.3. The van der Waals surface area contributed by atoms with Crippen LogP contribution in [0.3, 0.4) is 0 Å². The number of thiophene rings is 1. The first-order valence-corrected chi connectivity index (χ1v) is 14.4. The van der Waals surface area contributed by atoms with Gasteiger partial charge in [-0.25, -0.2) is 17.5 Å². The van der Waals surface area contributed by atoms with Gasteiger partial charge in [-0.1, -0.05) is 25.4 Å². The van der Waals surface area contributed by atoms with E-state index in [1.165, 1.54) is 0 Å². The molecule has 3 rings (SSSR count). The van der Waals surface area contributed by atoms with Crippen LogP contribution in [-0.4, -0.2) is 44.3 Å². The third-order valence-electron chi connectivity index (χ3n) is 5.38. The number of carbonyl (C=O) groups excluding carboxylic acids is 2. The van der Waals surface area contributed by atoms with Crippen LogP contribution >= 0.6 is 22.9 Å². The molecule has 0 aliphatic rings. The van der Waals surface area contributed by atoms with Crippen molar-refractivity contribution in [3.63, 3.8) is 0 Å². The van der Waals surface area contributed by atoms with E-state index in [1.54, 1.807) is 11.3 Å². The molecule has 196 valence electrons. The van der Waals surface area contributed by atoms with E-state index in [9.17, 15) is 22.4 Å². The van der Waals surface area contributed by atoms with Gasteiger partial charge in [0.15, 0.2) is 0 Å². The minimum absolute atomic E-state index is 0.131. The molecule has 0 unspecified atom stereocenters. The lowest BCUT2D eigenvalue weighted by molar-refractivity contribution is -0.129. The first kappa shape index (κ1) is 28.1. The van der Waals surface area contributed by atoms with Gasteiger partial charge in [0.25, 0.3) is 0 Å². The predicted molar refractivity (Wildman–Crippen MR) is 140 cm³/mol. The third-order valence-corrected chi connectivity index (χ3v) is 8.19. The molecule has 2 aromatic heterocycles. The van der Waals surface area contributed by atoms with E-state index in [2.05, 4.69) is 20.3 Å². The number of halogens is 2. The molecular weight excluding hydrogens is 527 g/mol. The molecule has 0 aliphatic carbocycles. The molecule has 0 radical (unpaired) electrons. The van der Waals surface area contributed by atoms with E-state index < -0.39 is 21.9 Å². The Bertz CT molecular complexity index is 1280. The molecule has 0 fully saturated rings. The van der Waals surface area contributed by atoms with Gasteiger partial charge in [-0.2, -0.15) is 0 Å². The number of sulfonamides is 1. The van der Waals surface area contributed by atoms with Crippen LogP contribution in [0.4, 0.5) is 4.39 Å². The van der Waals surface area contributed by atoms with Crippen molar-refractivity contribution in [3.8, 4) is 0 Å². The molecule has 0 aliphatic heterocycles. The average Bonchev–Trinajstić information content (AvgIpc) is 3.36. The van der Waals surface area contributed by atoms with E-state index in [-0.39, 0.29) is 40.6 Å². The number of aromatic nitrogens is 1. The number of rotatable bonds is 13. The van der Waals surface area contributed by atoms with E-state index >= 15 is 0 Å². The van der Waals surface area contributed by atoms with Gasteiger partial charge in [-0.3, -0.25) is 9.59 Å². The molecule has 2 heterocycles. The van der Waals surface area contributed by atoms with Gasteiger partial charge in [-0.05, 0) is 60.9 Å².